The van der Waals surface area contributed by atoms with Crippen LogP contribution in [0.15, 0.2) is 97.1 Å². The second kappa shape index (κ2) is 17.6. The summed E-state index contributed by atoms with van der Waals surface area (Å²) in [6.45, 7) is 11.7. The van der Waals surface area contributed by atoms with Crippen LogP contribution in [0.4, 0.5) is 0 Å². The lowest BCUT2D eigenvalue weighted by Gasteiger charge is -2.26. The normalized spacial score (nSPS) is 14.5. The lowest BCUT2D eigenvalue weighted by atomic mass is 10.0. The van der Waals surface area contributed by atoms with E-state index in [0.717, 1.165) is 96.9 Å². The van der Waals surface area contributed by atoms with Crippen molar-refractivity contribution in [3.8, 4) is 45.0 Å². The number of piperidine rings is 2. The minimum absolute atomic E-state index is 0.0360. The van der Waals surface area contributed by atoms with Crippen molar-refractivity contribution in [1.29, 1.82) is 0 Å². The van der Waals surface area contributed by atoms with E-state index in [-0.39, 0.29) is 11.8 Å². The molecule has 8 rings (SSSR count). The molecule has 9 nitrogen and oxygen atoms in total. The summed E-state index contributed by atoms with van der Waals surface area (Å²) >= 11 is 0. The van der Waals surface area contributed by atoms with Crippen LogP contribution in [0, 0.1) is 27.7 Å². The third-order valence-electron chi connectivity index (χ3n) is 11.1. The van der Waals surface area contributed by atoms with Crippen LogP contribution in [0.1, 0.15) is 82.0 Å². The number of hydrogen-bond acceptors (Lipinski definition) is 5. The van der Waals surface area contributed by atoms with E-state index in [1.165, 1.54) is 35.1 Å². The van der Waals surface area contributed by atoms with Gasteiger partial charge in [0.05, 0.1) is 22.8 Å². The molecule has 0 saturated carbocycles. The lowest BCUT2D eigenvalue weighted by Crippen LogP contribution is -2.45. The molecule has 0 unspecified atom stereocenters. The zero-order valence-corrected chi connectivity index (χ0v) is 34.3. The molecule has 6 aromatic rings. The molecular weight excluding hydrogens is 707 g/mol. The maximum Gasteiger partial charge on any atom is 0.301 e. The first-order chi connectivity index (χ1) is 27.6. The van der Waals surface area contributed by atoms with Gasteiger partial charge in [0.25, 0.3) is 5.91 Å². The predicted octanol–water partition coefficient (Wildman–Crippen LogP) is 9.50. The fraction of sp³-hybridized carbons (Fsp3) is 0.333. The number of hydrazine groups is 1. The number of likely N-dealkylation sites (tertiary alicyclic amines) is 1. The van der Waals surface area contributed by atoms with Crippen LogP contribution in [-0.2, 0) is 14.1 Å². The average molecular weight is 762 g/mol. The zero-order valence-electron chi connectivity index (χ0n) is 34.3. The minimum atomic E-state index is -0.152. The first kappa shape index (κ1) is 39.4. The number of aromatic nitrogens is 4. The first-order valence-electron chi connectivity index (χ1n) is 20.3. The smallest absolute Gasteiger partial charge is 0.301 e. The van der Waals surface area contributed by atoms with E-state index in [9.17, 15) is 9.59 Å². The molecule has 0 spiro atoms. The van der Waals surface area contributed by atoms with Crippen molar-refractivity contribution < 1.29 is 9.59 Å². The van der Waals surface area contributed by atoms with E-state index in [4.69, 9.17) is 9.97 Å². The van der Waals surface area contributed by atoms with Gasteiger partial charge >= 0.3 is 5.91 Å². The molecule has 4 aromatic carbocycles. The lowest BCUT2D eigenvalue weighted by molar-refractivity contribution is 0.0706. The quantitative estimate of drug-likeness (QED) is 0.175. The Bertz CT molecular complexity index is 2310. The van der Waals surface area contributed by atoms with Crippen molar-refractivity contribution in [2.75, 3.05) is 26.2 Å². The number of benzene rings is 4. The Morgan fingerprint density at radius 2 is 0.825 bits per heavy atom. The molecule has 2 saturated heterocycles. The topological polar surface area (TPSA) is 88.3 Å². The van der Waals surface area contributed by atoms with Crippen molar-refractivity contribution in [2.24, 2.45) is 14.1 Å². The van der Waals surface area contributed by atoms with Gasteiger partial charge in [-0.05, 0) is 59.8 Å². The van der Waals surface area contributed by atoms with E-state index < -0.39 is 0 Å². The predicted molar refractivity (Wildman–Crippen MR) is 230 cm³/mol. The number of carbonyl (C=O) groups is 2. The number of nitrogens with zero attached hydrogens (tertiary/aromatic N) is 6. The van der Waals surface area contributed by atoms with Gasteiger partial charge in [-0.2, -0.15) is 0 Å². The van der Waals surface area contributed by atoms with Gasteiger partial charge < -0.3 is 14.0 Å². The molecule has 57 heavy (non-hydrogen) atoms. The molecule has 0 bridgehead atoms. The van der Waals surface area contributed by atoms with Crippen molar-refractivity contribution in [3.05, 3.63) is 131 Å². The third kappa shape index (κ3) is 8.94. The standard InChI is InChI=1S/C24H28N4O.C24H27N3O/c1-17-7-11-19(12-8-17)21-22(20-13-9-18(2)10-14-20)27(3)23(25-21)24(29)26-28-15-5-4-6-16-28;1-17-7-11-19(12-8-17)21-22(20-13-9-18(2)10-14-20)26(3)23(25-21)24(28)27-15-5-4-6-16-27/h7-14H,4-6,15-16H2,1-3H3,(H,26,29);7-14H,4-6,15-16H2,1-3H3. The van der Waals surface area contributed by atoms with Crippen molar-refractivity contribution >= 4 is 11.8 Å². The van der Waals surface area contributed by atoms with E-state index in [1.807, 2.05) is 33.1 Å². The van der Waals surface area contributed by atoms with Gasteiger partial charge in [-0.25, -0.2) is 15.0 Å². The van der Waals surface area contributed by atoms with Crippen molar-refractivity contribution in [3.63, 3.8) is 0 Å². The SMILES string of the molecule is Cc1ccc(-c2nc(C(=O)N3CCCCC3)n(C)c2-c2ccc(C)cc2)cc1.Cc1ccc(-c2nc(C(=O)NN3CCCCC3)n(C)c2-c2ccc(C)cc2)cc1. The molecule has 0 radical (unpaired) electrons. The Balaban J connectivity index is 0.000000174. The monoisotopic (exact) mass is 761 g/mol. The molecule has 2 amide bonds. The number of amides is 2. The van der Waals surface area contributed by atoms with Crippen LogP contribution in [0.5, 0.6) is 0 Å². The van der Waals surface area contributed by atoms with Crippen LogP contribution in [0.2, 0.25) is 0 Å². The Morgan fingerprint density at radius 1 is 0.474 bits per heavy atom. The molecule has 1 N–H and O–H groups in total. The second-order valence-corrected chi connectivity index (χ2v) is 15.7. The number of rotatable bonds is 7. The minimum Gasteiger partial charge on any atom is -0.336 e. The highest BCUT2D eigenvalue weighted by Gasteiger charge is 2.27. The summed E-state index contributed by atoms with van der Waals surface area (Å²) in [5.74, 6) is 0.838. The van der Waals surface area contributed by atoms with Gasteiger partial charge in [0.2, 0.25) is 5.82 Å². The number of aryl methyl sites for hydroxylation is 4. The highest BCUT2D eigenvalue weighted by molar-refractivity contribution is 5.95. The van der Waals surface area contributed by atoms with Gasteiger partial charge in [-0.15, -0.1) is 0 Å². The van der Waals surface area contributed by atoms with Crippen LogP contribution < -0.4 is 5.43 Å². The molecule has 2 aromatic heterocycles. The summed E-state index contributed by atoms with van der Waals surface area (Å²) in [4.78, 5) is 37.8. The van der Waals surface area contributed by atoms with E-state index in [2.05, 4.69) is 130 Å². The Kier molecular flexibility index (Phi) is 12.1. The average Bonchev–Trinajstić information content (AvgIpc) is 3.76. The van der Waals surface area contributed by atoms with Crippen LogP contribution >= 0.6 is 0 Å². The summed E-state index contributed by atoms with van der Waals surface area (Å²) < 4.78 is 3.88. The number of nitrogens with one attached hydrogen (secondary N) is 1. The maximum atomic E-state index is 13.2. The van der Waals surface area contributed by atoms with Crippen LogP contribution in [-0.4, -0.2) is 67.0 Å². The molecule has 9 heteroatoms. The van der Waals surface area contributed by atoms with Crippen LogP contribution in [0.25, 0.3) is 45.0 Å². The Labute approximate surface area is 337 Å². The maximum absolute atomic E-state index is 13.2. The van der Waals surface area contributed by atoms with Crippen molar-refractivity contribution in [1.82, 2.24) is 34.4 Å². The third-order valence-corrected chi connectivity index (χ3v) is 11.1. The van der Waals surface area contributed by atoms with E-state index >= 15 is 0 Å². The van der Waals surface area contributed by atoms with Gasteiger partial charge in [0, 0.05) is 62.5 Å². The second-order valence-electron chi connectivity index (χ2n) is 15.7. The Hall–Kier alpha value is -5.80. The fourth-order valence-electron chi connectivity index (χ4n) is 7.74. The largest absolute Gasteiger partial charge is 0.336 e. The molecule has 2 aliphatic rings. The number of carbonyl (C=O) groups excluding carboxylic acids is 2. The molecule has 0 aliphatic carbocycles. The molecule has 2 aliphatic heterocycles. The fourth-order valence-corrected chi connectivity index (χ4v) is 7.74. The summed E-state index contributed by atoms with van der Waals surface area (Å²) in [5.41, 5.74) is 15.7. The van der Waals surface area contributed by atoms with Gasteiger partial charge in [-0.1, -0.05) is 126 Å². The van der Waals surface area contributed by atoms with Crippen LogP contribution in [0.3, 0.4) is 0 Å². The van der Waals surface area contributed by atoms with Gasteiger partial charge in [0.15, 0.2) is 5.82 Å². The number of hydrogen-bond donors (Lipinski definition) is 1. The van der Waals surface area contributed by atoms with E-state index in [0.29, 0.717) is 11.6 Å². The number of imidazole rings is 2. The molecule has 294 valence electrons. The summed E-state index contributed by atoms with van der Waals surface area (Å²) in [7, 11) is 3.88. The molecule has 0 atom stereocenters. The van der Waals surface area contributed by atoms with E-state index in [1.54, 1.807) is 0 Å². The highest BCUT2D eigenvalue weighted by atomic mass is 16.2. The van der Waals surface area contributed by atoms with Gasteiger partial charge in [-0.3, -0.25) is 15.0 Å². The summed E-state index contributed by atoms with van der Waals surface area (Å²) in [6, 6.07) is 33.5. The Morgan fingerprint density at radius 3 is 1.25 bits per heavy atom. The van der Waals surface area contributed by atoms with Crippen molar-refractivity contribution in [2.45, 2.75) is 66.2 Å². The highest BCUT2D eigenvalue weighted by Crippen LogP contribution is 2.34. The molecular formula is C48H55N7O2. The first-order valence-corrected chi connectivity index (χ1v) is 20.3. The molecule has 2 fully saturated rings. The van der Waals surface area contributed by atoms with Gasteiger partial charge in [0.1, 0.15) is 0 Å². The zero-order chi connectivity index (χ0) is 40.1. The molecule has 4 heterocycles. The summed E-state index contributed by atoms with van der Waals surface area (Å²) in [5, 5.41) is 2.01. The summed E-state index contributed by atoms with van der Waals surface area (Å²) in [6.07, 6.45) is 6.81.